The number of amides is 2. The van der Waals surface area contributed by atoms with E-state index >= 15 is 0 Å². The molecule has 6 heteroatoms. The van der Waals surface area contributed by atoms with E-state index < -0.39 is 5.91 Å². The third-order valence-electron chi connectivity index (χ3n) is 4.63. The Morgan fingerprint density at radius 3 is 2.59 bits per heavy atom. The molecule has 27 heavy (non-hydrogen) atoms. The van der Waals surface area contributed by atoms with Gasteiger partial charge in [0, 0.05) is 31.3 Å². The Balaban J connectivity index is 1.45. The average Bonchev–Trinajstić information content (AvgIpc) is 3.12. The summed E-state index contributed by atoms with van der Waals surface area (Å²) in [5.74, 6) is -0.322. The van der Waals surface area contributed by atoms with Crippen molar-refractivity contribution >= 4 is 28.5 Å². The van der Waals surface area contributed by atoms with Crippen molar-refractivity contribution in [2.24, 2.45) is 0 Å². The number of anilines is 1. The molecule has 0 bridgehead atoms. The van der Waals surface area contributed by atoms with Crippen LogP contribution in [0.25, 0.3) is 11.0 Å². The van der Waals surface area contributed by atoms with Gasteiger partial charge in [0.1, 0.15) is 5.58 Å². The molecule has 0 spiro atoms. The van der Waals surface area contributed by atoms with Crippen LogP contribution in [0.5, 0.6) is 0 Å². The number of para-hydroxylation sites is 1. The zero-order valence-corrected chi connectivity index (χ0v) is 14.6. The summed E-state index contributed by atoms with van der Waals surface area (Å²) in [5.41, 5.74) is 1.89. The molecule has 2 amide bonds. The second-order valence-corrected chi connectivity index (χ2v) is 6.47. The molecule has 0 radical (unpaired) electrons. The van der Waals surface area contributed by atoms with Crippen molar-refractivity contribution in [1.82, 2.24) is 5.32 Å². The number of carbonyl (C=O) groups is 2. The van der Waals surface area contributed by atoms with Crippen molar-refractivity contribution in [2.75, 3.05) is 11.4 Å². The lowest BCUT2D eigenvalue weighted by atomic mass is 10.2. The van der Waals surface area contributed by atoms with Crippen molar-refractivity contribution in [3.05, 3.63) is 76.1 Å². The molecule has 1 aliphatic heterocycles. The Hall–Kier alpha value is -3.41. The SMILES string of the molecule is O=C(NCc1ccc(N2CCCC2=O)cc1)c1cc(=O)c2ccccc2o1. The third-order valence-corrected chi connectivity index (χ3v) is 4.63. The summed E-state index contributed by atoms with van der Waals surface area (Å²) in [4.78, 5) is 38.0. The molecule has 4 rings (SSSR count). The molecule has 3 aromatic rings. The fraction of sp³-hybridized carbons (Fsp3) is 0.190. The molecular formula is C21H18N2O4. The summed E-state index contributed by atoms with van der Waals surface area (Å²) in [6, 6.07) is 15.5. The Morgan fingerprint density at radius 1 is 1.07 bits per heavy atom. The van der Waals surface area contributed by atoms with Gasteiger partial charge in [-0.15, -0.1) is 0 Å². The lowest BCUT2D eigenvalue weighted by Crippen LogP contribution is -2.25. The molecule has 6 nitrogen and oxygen atoms in total. The van der Waals surface area contributed by atoms with Gasteiger partial charge in [0.05, 0.1) is 5.39 Å². The molecule has 0 saturated carbocycles. The smallest absolute Gasteiger partial charge is 0.287 e. The summed E-state index contributed by atoms with van der Waals surface area (Å²) in [5, 5.41) is 3.20. The summed E-state index contributed by atoms with van der Waals surface area (Å²) in [7, 11) is 0. The van der Waals surface area contributed by atoms with Crippen molar-refractivity contribution in [2.45, 2.75) is 19.4 Å². The largest absolute Gasteiger partial charge is 0.451 e. The molecule has 1 N–H and O–H groups in total. The summed E-state index contributed by atoms with van der Waals surface area (Å²) >= 11 is 0. The quantitative estimate of drug-likeness (QED) is 0.774. The van der Waals surface area contributed by atoms with E-state index in [0.717, 1.165) is 24.2 Å². The second-order valence-electron chi connectivity index (χ2n) is 6.47. The second kappa shape index (κ2) is 7.07. The van der Waals surface area contributed by atoms with Crippen molar-refractivity contribution in [3.8, 4) is 0 Å². The average molecular weight is 362 g/mol. The molecule has 0 atom stereocenters. The lowest BCUT2D eigenvalue weighted by Gasteiger charge is -2.16. The first-order valence-electron chi connectivity index (χ1n) is 8.82. The fourth-order valence-electron chi connectivity index (χ4n) is 3.20. The maximum atomic E-state index is 12.3. The summed E-state index contributed by atoms with van der Waals surface area (Å²) in [6.45, 7) is 1.04. The molecular weight excluding hydrogens is 344 g/mol. The highest BCUT2D eigenvalue weighted by Crippen LogP contribution is 2.21. The number of fused-ring (bicyclic) bond motifs is 1. The normalized spacial score (nSPS) is 13.9. The van der Waals surface area contributed by atoms with E-state index in [1.54, 1.807) is 29.2 Å². The molecule has 1 aliphatic rings. The van der Waals surface area contributed by atoms with E-state index in [2.05, 4.69) is 5.32 Å². The standard InChI is InChI=1S/C21H18N2O4/c24-17-12-19(27-18-5-2-1-4-16(17)18)21(26)22-13-14-7-9-15(10-8-14)23-11-3-6-20(23)25/h1-2,4-5,7-10,12H,3,6,11,13H2,(H,22,26). The molecule has 1 aromatic heterocycles. The first-order chi connectivity index (χ1) is 13.1. The number of rotatable bonds is 4. The van der Waals surface area contributed by atoms with Crippen LogP contribution in [0.3, 0.4) is 0 Å². The van der Waals surface area contributed by atoms with Gasteiger partial charge in [0.15, 0.2) is 11.2 Å². The Morgan fingerprint density at radius 2 is 1.85 bits per heavy atom. The van der Waals surface area contributed by atoms with Crippen LogP contribution in [0.4, 0.5) is 5.69 Å². The van der Waals surface area contributed by atoms with Crippen molar-refractivity contribution in [3.63, 3.8) is 0 Å². The van der Waals surface area contributed by atoms with Gasteiger partial charge in [0.25, 0.3) is 5.91 Å². The van der Waals surface area contributed by atoms with Crippen LogP contribution in [-0.4, -0.2) is 18.4 Å². The number of nitrogens with one attached hydrogen (secondary N) is 1. The van der Waals surface area contributed by atoms with Crippen LogP contribution in [0.2, 0.25) is 0 Å². The van der Waals surface area contributed by atoms with Crippen molar-refractivity contribution < 1.29 is 14.0 Å². The van der Waals surface area contributed by atoms with Crippen LogP contribution in [0, 0.1) is 0 Å². The Labute approximate surface area is 155 Å². The number of nitrogens with zero attached hydrogens (tertiary/aromatic N) is 1. The topological polar surface area (TPSA) is 79.6 Å². The van der Waals surface area contributed by atoms with E-state index in [0.29, 0.717) is 23.9 Å². The minimum absolute atomic E-state index is 0.0158. The van der Waals surface area contributed by atoms with E-state index in [1.807, 2.05) is 24.3 Å². The summed E-state index contributed by atoms with van der Waals surface area (Å²) < 4.78 is 5.54. The Kier molecular flexibility index (Phi) is 4.46. The number of hydrogen-bond donors (Lipinski definition) is 1. The van der Waals surface area contributed by atoms with E-state index in [9.17, 15) is 14.4 Å². The van der Waals surface area contributed by atoms with Crippen LogP contribution in [-0.2, 0) is 11.3 Å². The van der Waals surface area contributed by atoms with E-state index in [1.165, 1.54) is 6.07 Å². The molecule has 2 heterocycles. The number of benzene rings is 2. The molecule has 1 fully saturated rings. The third kappa shape index (κ3) is 3.46. The van der Waals surface area contributed by atoms with Gasteiger partial charge in [0.2, 0.25) is 5.91 Å². The first-order valence-corrected chi connectivity index (χ1v) is 8.82. The van der Waals surface area contributed by atoms with Gasteiger partial charge in [-0.05, 0) is 36.2 Å². The van der Waals surface area contributed by atoms with Gasteiger partial charge in [-0.2, -0.15) is 0 Å². The molecule has 2 aromatic carbocycles. The van der Waals surface area contributed by atoms with Gasteiger partial charge >= 0.3 is 0 Å². The zero-order valence-electron chi connectivity index (χ0n) is 14.6. The van der Waals surface area contributed by atoms with Crippen LogP contribution in [0.1, 0.15) is 29.0 Å². The lowest BCUT2D eigenvalue weighted by molar-refractivity contribution is -0.117. The fourth-order valence-corrected chi connectivity index (χ4v) is 3.20. The predicted octanol–water partition coefficient (Wildman–Crippen LogP) is 2.85. The van der Waals surface area contributed by atoms with E-state index in [-0.39, 0.29) is 17.1 Å². The molecule has 136 valence electrons. The van der Waals surface area contributed by atoms with Gasteiger partial charge in [-0.1, -0.05) is 24.3 Å². The van der Waals surface area contributed by atoms with Gasteiger partial charge in [-0.25, -0.2) is 0 Å². The predicted molar refractivity (Wildman–Crippen MR) is 102 cm³/mol. The Bertz CT molecular complexity index is 1070. The summed E-state index contributed by atoms with van der Waals surface area (Å²) in [6.07, 6.45) is 1.47. The highest BCUT2D eigenvalue weighted by Gasteiger charge is 2.21. The highest BCUT2D eigenvalue weighted by atomic mass is 16.3. The van der Waals surface area contributed by atoms with Gasteiger partial charge in [-0.3, -0.25) is 14.4 Å². The van der Waals surface area contributed by atoms with E-state index in [4.69, 9.17) is 4.42 Å². The minimum atomic E-state index is -0.448. The van der Waals surface area contributed by atoms with Gasteiger partial charge < -0.3 is 14.6 Å². The van der Waals surface area contributed by atoms with Crippen LogP contribution >= 0.6 is 0 Å². The molecule has 1 saturated heterocycles. The van der Waals surface area contributed by atoms with Crippen LogP contribution < -0.4 is 15.6 Å². The maximum Gasteiger partial charge on any atom is 0.287 e. The number of hydrogen-bond acceptors (Lipinski definition) is 4. The first kappa shape index (κ1) is 17.0. The molecule has 0 unspecified atom stereocenters. The van der Waals surface area contributed by atoms with Crippen LogP contribution in [0.15, 0.2) is 63.8 Å². The minimum Gasteiger partial charge on any atom is -0.451 e. The monoisotopic (exact) mass is 362 g/mol. The number of carbonyl (C=O) groups excluding carboxylic acids is 2. The van der Waals surface area contributed by atoms with Crippen molar-refractivity contribution in [1.29, 1.82) is 0 Å². The highest BCUT2D eigenvalue weighted by molar-refractivity contribution is 5.95. The molecule has 0 aliphatic carbocycles. The maximum absolute atomic E-state index is 12.3. The zero-order chi connectivity index (χ0) is 18.8.